The summed E-state index contributed by atoms with van der Waals surface area (Å²) >= 11 is 0. The van der Waals surface area contributed by atoms with Crippen LogP contribution in [0.2, 0.25) is 0 Å². The van der Waals surface area contributed by atoms with Gasteiger partial charge in [0.1, 0.15) is 6.34 Å². The third-order valence-corrected chi connectivity index (χ3v) is 2.24. The second-order valence-corrected chi connectivity index (χ2v) is 3.02. The van der Waals surface area contributed by atoms with E-state index >= 15 is 0 Å². The van der Waals surface area contributed by atoms with Gasteiger partial charge in [0.15, 0.2) is 0 Å². The van der Waals surface area contributed by atoms with E-state index < -0.39 is 0 Å². The fourth-order valence-corrected chi connectivity index (χ4v) is 1.59. The Morgan fingerprint density at radius 2 is 2.07 bits per heavy atom. The molecule has 3 rings (SSSR count). The highest BCUT2D eigenvalue weighted by Gasteiger charge is 2.13. The molecule has 0 saturated carbocycles. The molecule has 4 heteroatoms. The highest BCUT2D eigenvalue weighted by atomic mass is 16.1. The summed E-state index contributed by atoms with van der Waals surface area (Å²) < 4.78 is 0. The fraction of sp³-hybridized carbons (Fsp3) is 0. The Balaban J connectivity index is 2.53. The quantitative estimate of drug-likeness (QED) is 0.557. The predicted molar refractivity (Wildman–Crippen MR) is 52.7 cm³/mol. The van der Waals surface area contributed by atoms with Crippen LogP contribution in [-0.2, 0) is 0 Å². The molecule has 0 unspecified atom stereocenters. The lowest BCUT2D eigenvalue weighted by Gasteiger charge is -2.01. The molecule has 2 aliphatic heterocycles. The van der Waals surface area contributed by atoms with Crippen molar-refractivity contribution in [1.29, 1.82) is 0 Å². The first-order chi connectivity index (χ1) is 6.86. The van der Waals surface area contributed by atoms with Crippen LogP contribution in [0.1, 0.15) is 10.4 Å². The largest absolute Gasteiger partial charge is 0.280 e. The Hall–Kier alpha value is -2.10. The van der Waals surface area contributed by atoms with Gasteiger partial charge < -0.3 is 0 Å². The van der Waals surface area contributed by atoms with Crippen LogP contribution in [-0.4, -0.2) is 18.5 Å². The van der Waals surface area contributed by atoms with Crippen molar-refractivity contribution in [1.82, 2.24) is 0 Å². The number of carbonyl (C=O) groups is 1. The Labute approximate surface area is 79.0 Å². The molecule has 14 heavy (non-hydrogen) atoms. The van der Waals surface area contributed by atoms with Crippen LogP contribution in [0.4, 0.5) is 5.69 Å². The van der Waals surface area contributed by atoms with Gasteiger partial charge in [-0.2, -0.15) is 4.99 Å². The smallest absolute Gasteiger partial charge is 0.267 e. The van der Waals surface area contributed by atoms with E-state index in [1.54, 1.807) is 12.3 Å². The van der Waals surface area contributed by atoms with Gasteiger partial charge in [0.05, 0.1) is 16.6 Å². The molecule has 0 radical (unpaired) electrons. The van der Waals surface area contributed by atoms with E-state index in [9.17, 15) is 4.79 Å². The van der Waals surface area contributed by atoms with Crippen molar-refractivity contribution < 1.29 is 4.79 Å². The van der Waals surface area contributed by atoms with Gasteiger partial charge >= 0.3 is 0 Å². The number of aliphatic imine (C=N–C) groups is 2. The molecule has 2 heterocycles. The molecule has 0 atom stereocenters. The lowest BCUT2D eigenvalue weighted by molar-refractivity contribution is 0.100. The van der Waals surface area contributed by atoms with Crippen molar-refractivity contribution in [3.63, 3.8) is 0 Å². The lowest BCUT2D eigenvalue weighted by atomic mass is 10.1. The molecule has 1 amide bonds. The highest BCUT2D eigenvalue weighted by Crippen LogP contribution is 2.08. The van der Waals surface area contributed by atoms with E-state index in [4.69, 9.17) is 0 Å². The van der Waals surface area contributed by atoms with E-state index in [1.807, 2.05) is 12.1 Å². The third-order valence-electron chi connectivity index (χ3n) is 2.24. The van der Waals surface area contributed by atoms with Crippen molar-refractivity contribution in [2.75, 3.05) is 0 Å². The molecule has 0 bridgehead atoms. The molecule has 1 aromatic carbocycles. The number of hydrogen-bond donors (Lipinski definition) is 0. The predicted octanol–water partition coefficient (Wildman–Crippen LogP) is -0.0153. The maximum absolute atomic E-state index is 11.4. The monoisotopic (exact) mass is 183 g/mol. The molecule has 0 fully saturated rings. The second-order valence-electron chi connectivity index (χ2n) is 3.02. The summed E-state index contributed by atoms with van der Waals surface area (Å²) in [5.74, 6) is -0.238. The van der Waals surface area contributed by atoms with Gasteiger partial charge in [0.2, 0.25) is 0 Å². The zero-order valence-electron chi connectivity index (χ0n) is 7.14. The number of rotatable bonds is 0. The average Bonchev–Trinajstić information content (AvgIpc) is 2.66. The van der Waals surface area contributed by atoms with Crippen LogP contribution in [0, 0.1) is 0 Å². The van der Waals surface area contributed by atoms with Crippen LogP contribution in [0.25, 0.3) is 6.08 Å². The number of fused-ring (bicyclic) bond motifs is 3. The molecular formula is C10H5N3O. The van der Waals surface area contributed by atoms with Gasteiger partial charge in [0, 0.05) is 11.4 Å². The van der Waals surface area contributed by atoms with Gasteiger partial charge in [-0.15, -0.1) is 0 Å². The van der Waals surface area contributed by atoms with E-state index in [2.05, 4.69) is 15.0 Å². The maximum Gasteiger partial charge on any atom is 0.280 e. The summed E-state index contributed by atoms with van der Waals surface area (Å²) in [5, 5.41) is 1.59. The third kappa shape index (κ3) is 0.821. The number of hydrogen-bond acceptors (Lipinski definition) is 3. The van der Waals surface area contributed by atoms with Gasteiger partial charge in [-0.1, -0.05) is 0 Å². The summed E-state index contributed by atoms with van der Waals surface area (Å²) in [6.07, 6.45) is 4.85. The Kier molecular flexibility index (Phi) is 1.28. The molecule has 0 aliphatic carbocycles. The minimum Gasteiger partial charge on any atom is -0.267 e. The standard InChI is InChI=1S/C10H5N3O/c14-10-7-1-2-8-6(3-4-11-8)9(7)12-5-13-10/h1-5H. The van der Waals surface area contributed by atoms with Crippen molar-refractivity contribution >= 4 is 30.2 Å². The summed E-state index contributed by atoms with van der Waals surface area (Å²) in [6.45, 7) is 0. The first kappa shape index (κ1) is 7.32. The molecular weight excluding hydrogens is 178 g/mol. The Bertz CT molecular complexity index is 611. The van der Waals surface area contributed by atoms with Crippen LogP contribution in [0.3, 0.4) is 0 Å². The molecule has 0 N–H and O–H groups in total. The summed E-state index contributed by atoms with van der Waals surface area (Å²) in [6, 6.07) is 3.52. The SMILES string of the molecule is O=C1N=CN=c2c1ccc1c2=CC=N1. The van der Waals surface area contributed by atoms with E-state index in [1.165, 1.54) is 6.34 Å². The molecule has 1 aromatic rings. The number of carbonyl (C=O) groups excluding carboxylic acids is 1. The summed E-state index contributed by atoms with van der Waals surface area (Å²) in [7, 11) is 0. The van der Waals surface area contributed by atoms with Gasteiger partial charge in [-0.25, -0.2) is 4.99 Å². The zero-order chi connectivity index (χ0) is 9.54. The molecule has 0 spiro atoms. The molecule has 66 valence electrons. The van der Waals surface area contributed by atoms with Crippen LogP contribution < -0.4 is 10.6 Å². The average molecular weight is 183 g/mol. The number of benzene rings is 1. The van der Waals surface area contributed by atoms with Gasteiger partial charge in [-0.05, 0) is 18.2 Å². The summed E-state index contributed by atoms with van der Waals surface area (Å²) in [5.41, 5.74) is 1.41. The van der Waals surface area contributed by atoms with Crippen LogP contribution >= 0.6 is 0 Å². The summed E-state index contributed by atoms with van der Waals surface area (Å²) in [4.78, 5) is 23.2. The van der Waals surface area contributed by atoms with Crippen molar-refractivity contribution in [3.05, 3.63) is 28.3 Å². The van der Waals surface area contributed by atoms with Gasteiger partial charge in [-0.3, -0.25) is 9.79 Å². The first-order valence-electron chi connectivity index (χ1n) is 4.18. The first-order valence-corrected chi connectivity index (χ1v) is 4.18. The fourth-order valence-electron chi connectivity index (χ4n) is 1.59. The molecule has 0 aromatic heterocycles. The van der Waals surface area contributed by atoms with Crippen molar-refractivity contribution in [3.8, 4) is 0 Å². The van der Waals surface area contributed by atoms with E-state index in [0.717, 1.165) is 10.9 Å². The maximum atomic E-state index is 11.4. The molecule has 4 nitrogen and oxygen atoms in total. The topological polar surface area (TPSA) is 54.1 Å². The molecule has 2 aliphatic rings. The highest BCUT2D eigenvalue weighted by molar-refractivity contribution is 6.02. The Morgan fingerprint density at radius 1 is 1.14 bits per heavy atom. The van der Waals surface area contributed by atoms with Crippen molar-refractivity contribution in [2.45, 2.75) is 0 Å². The second kappa shape index (κ2) is 2.45. The van der Waals surface area contributed by atoms with Crippen LogP contribution in [0.5, 0.6) is 0 Å². The number of amides is 1. The Morgan fingerprint density at radius 3 is 3.00 bits per heavy atom. The lowest BCUT2D eigenvalue weighted by Crippen LogP contribution is -2.32. The van der Waals surface area contributed by atoms with E-state index in [0.29, 0.717) is 10.9 Å². The molecule has 0 saturated heterocycles. The minimum absolute atomic E-state index is 0.238. The van der Waals surface area contributed by atoms with Crippen LogP contribution in [0.15, 0.2) is 27.1 Å². The number of nitrogens with zero attached hydrogens (tertiary/aromatic N) is 3. The normalized spacial score (nSPS) is 15.9. The van der Waals surface area contributed by atoms with Crippen molar-refractivity contribution in [2.24, 2.45) is 15.0 Å². The van der Waals surface area contributed by atoms with Gasteiger partial charge in [0.25, 0.3) is 5.91 Å². The zero-order valence-corrected chi connectivity index (χ0v) is 7.14. The van der Waals surface area contributed by atoms with E-state index in [-0.39, 0.29) is 5.91 Å². The minimum atomic E-state index is -0.238.